The molecule has 1 N–H and O–H groups in total. The molecule has 4 aromatic heterocycles. The van der Waals surface area contributed by atoms with Crippen molar-refractivity contribution in [3.8, 4) is 0 Å². The molecule has 0 unspecified atom stereocenters. The van der Waals surface area contributed by atoms with Crippen LogP contribution >= 0.6 is 0 Å². The van der Waals surface area contributed by atoms with Crippen LogP contribution in [0.3, 0.4) is 0 Å². The van der Waals surface area contributed by atoms with E-state index in [0.717, 1.165) is 16.7 Å². The summed E-state index contributed by atoms with van der Waals surface area (Å²) in [6.45, 7) is 4.17. The van der Waals surface area contributed by atoms with Crippen molar-refractivity contribution in [3.05, 3.63) is 89.8 Å². The lowest BCUT2D eigenvalue weighted by atomic mass is 10.2. The molecule has 0 aliphatic heterocycles. The van der Waals surface area contributed by atoms with Crippen LogP contribution in [0.2, 0.25) is 0 Å². The maximum Gasteiger partial charge on any atom is 0.280 e. The van der Waals surface area contributed by atoms with Gasteiger partial charge in [-0.05, 0) is 42.7 Å². The van der Waals surface area contributed by atoms with Crippen LogP contribution in [0.25, 0.3) is 11.3 Å². The molecule has 0 aliphatic carbocycles. The first-order valence-corrected chi connectivity index (χ1v) is 10.6. The molecular formula is C24H22N8O2. The standard InChI is InChI=1S/C24H22N8O2/c1-15-8-25-21-19(28-13-31(21)11-15)23(33)27-10-17-4-6-18(7-5-17)30(3)24(34)20-22-26-9-16(2)12-32(22)14-29-20/h4-9,11-14H,10H2,1-3H3,(H,27,33). The first-order valence-electron chi connectivity index (χ1n) is 10.6. The highest BCUT2D eigenvalue weighted by molar-refractivity contribution is 6.08. The van der Waals surface area contributed by atoms with Crippen LogP contribution in [0.4, 0.5) is 5.69 Å². The molecule has 0 atom stereocenters. The van der Waals surface area contributed by atoms with Gasteiger partial charge in [0.2, 0.25) is 0 Å². The van der Waals surface area contributed by atoms with Crippen LogP contribution in [-0.2, 0) is 6.54 Å². The predicted molar refractivity (Wildman–Crippen MR) is 126 cm³/mol. The predicted octanol–water partition coefficient (Wildman–Crippen LogP) is 2.60. The second-order valence-corrected chi connectivity index (χ2v) is 8.12. The van der Waals surface area contributed by atoms with E-state index in [9.17, 15) is 9.59 Å². The van der Waals surface area contributed by atoms with Crippen LogP contribution in [0.5, 0.6) is 0 Å². The Morgan fingerprint density at radius 3 is 2.03 bits per heavy atom. The van der Waals surface area contributed by atoms with Gasteiger partial charge in [0, 0.05) is 44.1 Å². The van der Waals surface area contributed by atoms with Crippen LogP contribution in [0, 0.1) is 13.8 Å². The maximum atomic E-state index is 13.0. The average molecular weight is 454 g/mol. The number of nitrogens with one attached hydrogen (secondary N) is 1. The number of anilines is 1. The van der Waals surface area contributed by atoms with Crippen LogP contribution in [0.1, 0.15) is 37.7 Å². The molecule has 0 fully saturated rings. The number of fused-ring (bicyclic) bond motifs is 2. The molecule has 34 heavy (non-hydrogen) atoms. The van der Waals surface area contributed by atoms with Crippen molar-refractivity contribution < 1.29 is 9.59 Å². The number of rotatable bonds is 5. The van der Waals surface area contributed by atoms with Gasteiger partial charge in [0.05, 0.1) is 0 Å². The van der Waals surface area contributed by atoms with Gasteiger partial charge >= 0.3 is 0 Å². The maximum absolute atomic E-state index is 13.0. The minimum atomic E-state index is -0.301. The number of carbonyl (C=O) groups is 2. The Bertz CT molecular complexity index is 1530. The van der Waals surface area contributed by atoms with Crippen molar-refractivity contribution in [2.24, 2.45) is 0 Å². The molecule has 5 aromatic rings. The lowest BCUT2D eigenvalue weighted by molar-refractivity contribution is 0.0946. The Kier molecular flexibility index (Phi) is 5.25. The van der Waals surface area contributed by atoms with E-state index >= 15 is 0 Å². The molecule has 0 radical (unpaired) electrons. The summed E-state index contributed by atoms with van der Waals surface area (Å²) < 4.78 is 3.47. The van der Waals surface area contributed by atoms with Gasteiger partial charge in [0.25, 0.3) is 11.8 Å². The summed E-state index contributed by atoms with van der Waals surface area (Å²) in [5.74, 6) is -0.557. The number of nitrogens with zero attached hydrogens (tertiary/aromatic N) is 7. The van der Waals surface area contributed by atoms with Crippen LogP contribution < -0.4 is 10.2 Å². The van der Waals surface area contributed by atoms with Gasteiger partial charge in [-0.2, -0.15) is 0 Å². The van der Waals surface area contributed by atoms with Gasteiger partial charge in [0.1, 0.15) is 12.7 Å². The first kappa shape index (κ1) is 21.3. The summed E-state index contributed by atoms with van der Waals surface area (Å²) in [5.41, 5.74) is 5.13. The van der Waals surface area contributed by atoms with Gasteiger partial charge in [-0.25, -0.2) is 19.9 Å². The average Bonchev–Trinajstić information content (AvgIpc) is 3.45. The van der Waals surface area contributed by atoms with E-state index in [1.54, 1.807) is 40.9 Å². The molecular weight excluding hydrogens is 432 g/mol. The third-order valence-electron chi connectivity index (χ3n) is 5.50. The van der Waals surface area contributed by atoms with Crippen molar-refractivity contribution >= 4 is 28.8 Å². The lowest BCUT2D eigenvalue weighted by Crippen LogP contribution is -2.27. The number of carbonyl (C=O) groups excluding carboxylic acids is 2. The van der Waals surface area contributed by atoms with Crippen molar-refractivity contribution in [2.75, 3.05) is 11.9 Å². The minimum absolute atomic E-state index is 0.255. The molecule has 0 bridgehead atoms. The summed E-state index contributed by atoms with van der Waals surface area (Å²) in [6, 6.07) is 7.37. The number of amides is 2. The summed E-state index contributed by atoms with van der Waals surface area (Å²) in [5, 5.41) is 2.87. The summed E-state index contributed by atoms with van der Waals surface area (Å²) in [6.07, 6.45) is 10.3. The zero-order chi connectivity index (χ0) is 23.8. The Labute approximate surface area is 194 Å². The highest BCUT2D eigenvalue weighted by atomic mass is 16.2. The summed E-state index contributed by atoms with van der Waals surface area (Å²) in [7, 11) is 1.69. The minimum Gasteiger partial charge on any atom is -0.347 e. The van der Waals surface area contributed by atoms with E-state index in [-0.39, 0.29) is 23.2 Å². The van der Waals surface area contributed by atoms with Gasteiger partial charge in [-0.1, -0.05) is 12.1 Å². The highest BCUT2D eigenvalue weighted by Gasteiger charge is 2.20. The molecule has 2 amide bonds. The fraction of sp³-hybridized carbons (Fsp3) is 0.167. The molecule has 0 spiro atoms. The summed E-state index contributed by atoms with van der Waals surface area (Å²) in [4.78, 5) is 44.2. The molecule has 170 valence electrons. The highest BCUT2D eigenvalue weighted by Crippen LogP contribution is 2.18. The fourth-order valence-corrected chi connectivity index (χ4v) is 3.68. The molecule has 0 aliphatic rings. The number of hydrogen-bond donors (Lipinski definition) is 1. The van der Waals surface area contributed by atoms with Crippen molar-refractivity contribution in [3.63, 3.8) is 0 Å². The molecule has 0 saturated carbocycles. The SMILES string of the molecule is Cc1cnc2c(C(=O)NCc3ccc(N(C)C(=O)c4ncn5cc(C)cnc45)cc3)ncn2c1. The largest absolute Gasteiger partial charge is 0.347 e. The summed E-state index contributed by atoms with van der Waals surface area (Å²) >= 11 is 0. The van der Waals surface area contributed by atoms with Gasteiger partial charge in [-0.3, -0.25) is 18.4 Å². The third kappa shape index (κ3) is 3.85. The fourth-order valence-electron chi connectivity index (χ4n) is 3.68. The van der Waals surface area contributed by atoms with E-state index in [4.69, 9.17) is 0 Å². The Morgan fingerprint density at radius 2 is 1.41 bits per heavy atom. The van der Waals surface area contributed by atoms with Gasteiger partial charge in [-0.15, -0.1) is 0 Å². The quantitative estimate of drug-likeness (QED) is 0.437. The lowest BCUT2D eigenvalue weighted by Gasteiger charge is -2.16. The Balaban J connectivity index is 1.26. The zero-order valence-corrected chi connectivity index (χ0v) is 18.9. The monoisotopic (exact) mass is 454 g/mol. The molecule has 10 heteroatoms. The van der Waals surface area contributed by atoms with E-state index in [2.05, 4.69) is 25.3 Å². The van der Waals surface area contributed by atoms with Crippen molar-refractivity contribution in [1.82, 2.24) is 34.1 Å². The van der Waals surface area contributed by atoms with E-state index in [1.165, 1.54) is 4.90 Å². The van der Waals surface area contributed by atoms with Crippen molar-refractivity contribution in [2.45, 2.75) is 20.4 Å². The number of benzene rings is 1. The van der Waals surface area contributed by atoms with E-state index < -0.39 is 0 Å². The van der Waals surface area contributed by atoms with E-state index in [0.29, 0.717) is 23.5 Å². The zero-order valence-electron chi connectivity index (χ0n) is 18.9. The smallest absolute Gasteiger partial charge is 0.280 e. The molecule has 4 heterocycles. The number of aryl methyl sites for hydroxylation is 2. The van der Waals surface area contributed by atoms with Gasteiger partial charge < -0.3 is 10.2 Å². The molecule has 10 nitrogen and oxygen atoms in total. The number of imidazole rings is 2. The first-order chi connectivity index (χ1) is 16.4. The molecule has 1 aromatic carbocycles. The normalized spacial score (nSPS) is 11.1. The van der Waals surface area contributed by atoms with Crippen molar-refractivity contribution in [1.29, 1.82) is 0 Å². The van der Waals surface area contributed by atoms with E-state index in [1.807, 2.05) is 50.5 Å². The van der Waals surface area contributed by atoms with Crippen LogP contribution in [0.15, 0.2) is 61.7 Å². The second-order valence-electron chi connectivity index (χ2n) is 8.12. The van der Waals surface area contributed by atoms with Gasteiger partial charge in [0.15, 0.2) is 22.7 Å². The molecule has 0 saturated heterocycles. The number of hydrogen-bond acceptors (Lipinski definition) is 6. The topological polar surface area (TPSA) is 110 Å². The number of aromatic nitrogens is 6. The third-order valence-corrected chi connectivity index (χ3v) is 5.50. The second kappa shape index (κ2) is 8.39. The molecule has 5 rings (SSSR count). The Hall–Kier alpha value is -4.60. The Morgan fingerprint density at radius 1 is 0.853 bits per heavy atom. The van der Waals surface area contributed by atoms with Crippen LogP contribution in [-0.4, -0.2) is 47.6 Å².